The fourth-order valence-corrected chi connectivity index (χ4v) is 3.81. The van der Waals surface area contributed by atoms with Crippen LogP contribution in [-0.2, 0) is 4.74 Å². The summed E-state index contributed by atoms with van der Waals surface area (Å²) in [5, 5.41) is 3.06. The Morgan fingerprint density at radius 2 is 1.95 bits per heavy atom. The molecule has 2 bridgehead atoms. The Bertz CT molecular complexity index is 409. The monoisotopic (exact) mass is 286 g/mol. The lowest BCUT2D eigenvalue weighted by Gasteiger charge is -2.52. The van der Waals surface area contributed by atoms with Crippen LogP contribution in [0, 0.1) is 0 Å². The molecule has 1 amide bonds. The number of halogens is 1. The van der Waals surface area contributed by atoms with Gasteiger partial charge in [0.05, 0.1) is 5.54 Å². The van der Waals surface area contributed by atoms with Gasteiger partial charge in [-0.05, 0) is 60.9 Å². The Kier molecular flexibility index (Phi) is 3.56. The number of amides is 1. The Labute approximate surface area is 121 Å². The molecule has 0 aliphatic carbocycles. The molecular weight excluding hydrogens is 259 g/mol. The Balaban J connectivity index is 2.32. The molecule has 2 heterocycles. The van der Waals surface area contributed by atoms with Gasteiger partial charge in [-0.2, -0.15) is 0 Å². The highest BCUT2D eigenvalue weighted by molar-refractivity contribution is 5.71. The van der Waals surface area contributed by atoms with Crippen molar-refractivity contribution in [3.8, 4) is 0 Å². The molecule has 5 heteroatoms. The van der Waals surface area contributed by atoms with Gasteiger partial charge in [0.2, 0.25) is 0 Å². The second-order valence-corrected chi connectivity index (χ2v) is 7.67. The molecule has 2 saturated heterocycles. The van der Waals surface area contributed by atoms with Gasteiger partial charge in [0.15, 0.2) is 0 Å². The molecular formula is C15H27FN2O2. The fourth-order valence-electron chi connectivity index (χ4n) is 3.81. The molecule has 1 N–H and O–H groups in total. The summed E-state index contributed by atoms with van der Waals surface area (Å²) in [7, 11) is 1.78. The van der Waals surface area contributed by atoms with Crippen molar-refractivity contribution in [2.24, 2.45) is 0 Å². The number of hydrogen-bond acceptors (Lipinski definition) is 3. The van der Waals surface area contributed by atoms with Crippen LogP contribution in [-0.4, -0.2) is 46.9 Å². The lowest BCUT2D eigenvalue weighted by atomic mass is 9.81. The number of hydrogen-bond donors (Lipinski definition) is 1. The third-order valence-electron chi connectivity index (χ3n) is 4.77. The maximum Gasteiger partial charge on any atom is 0.411 e. The molecule has 0 spiro atoms. The van der Waals surface area contributed by atoms with Crippen LogP contribution in [0.3, 0.4) is 0 Å². The van der Waals surface area contributed by atoms with Gasteiger partial charge in [0.25, 0.3) is 0 Å². The highest BCUT2D eigenvalue weighted by Gasteiger charge is 2.63. The van der Waals surface area contributed by atoms with Crippen molar-refractivity contribution in [3.05, 3.63) is 0 Å². The van der Waals surface area contributed by atoms with Crippen LogP contribution in [0.2, 0.25) is 0 Å². The molecule has 0 aromatic carbocycles. The first-order valence-corrected chi connectivity index (χ1v) is 7.38. The van der Waals surface area contributed by atoms with Crippen molar-refractivity contribution in [3.63, 3.8) is 0 Å². The SMILES string of the molecule is CN[C@@H]1C[C@@]2(C)CC[C@@](C)([C@@H]1F)N2C(=O)OC(C)(C)C. The number of nitrogens with zero attached hydrogens (tertiary/aromatic N) is 1. The van der Waals surface area contributed by atoms with Crippen molar-refractivity contribution in [2.45, 2.75) is 82.8 Å². The van der Waals surface area contributed by atoms with E-state index in [1.165, 1.54) is 0 Å². The average Bonchev–Trinajstić information content (AvgIpc) is 2.51. The molecule has 0 radical (unpaired) electrons. The van der Waals surface area contributed by atoms with Crippen molar-refractivity contribution in [1.29, 1.82) is 0 Å². The van der Waals surface area contributed by atoms with E-state index in [1.807, 2.05) is 34.6 Å². The predicted octanol–water partition coefficient (Wildman–Crippen LogP) is 2.86. The molecule has 116 valence electrons. The number of alkyl halides is 1. The van der Waals surface area contributed by atoms with Gasteiger partial charge in [0, 0.05) is 11.6 Å². The van der Waals surface area contributed by atoms with Crippen LogP contribution < -0.4 is 5.32 Å². The Morgan fingerprint density at radius 3 is 2.45 bits per heavy atom. The van der Waals surface area contributed by atoms with Crippen LogP contribution in [0.4, 0.5) is 9.18 Å². The summed E-state index contributed by atoms with van der Waals surface area (Å²) < 4.78 is 20.3. The van der Waals surface area contributed by atoms with Gasteiger partial charge in [-0.25, -0.2) is 9.18 Å². The summed E-state index contributed by atoms with van der Waals surface area (Å²) in [6.45, 7) is 9.40. The molecule has 2 fully saturated rings. The van der Waals surface area contributed by atoms with E-state index in [9.17, 15) is 9.18 Å². The first-order chi connectivity index (χ1) is 9.03. The summed E-state index contributed by atoms with van der Waals surface area (Å²) in [6.07, 6.45) is 0.663. The van der Waals surface area contributed by atoms with Crippen LogP contribution >= 0.6 is 0 Å². The molecule has 20 heavy (non-hydrogen) atoms. The summed E-state index contributed by atoms with van der Waals surface area (Å²) in [4.78, 5) is 14.2. The smallest absolute Gasteiger partial charge is 0.411 e. The first-order valence-electron chi connectivity index (χ1n) is 7.38. The minimum absolute atomic E-state index is 0.203. The van der Waals surface area contributed by atoms with E-state index in [4.69, 9.17) is 4.74 Å². The van der Waals surface area contributed by atoms with Gasteiger partial charge in [-0.3, -0.25) is 4.90 Å². The zero-order chi connectivity index (χ0) is 15.3. The number of nitrogens with one attached hydrogen (secondary N) is 1. The lowest BCUT2D eigenvalue weighted by Crippen LogP contribution is -2.68. The lowest BCUT2D eigenvalue weighted by molar-refractivity contribution is -0.0696. The zero-order valence-corrected chi connectivity index (χ0v) is 13.4. The maximum atomic E-state index is 14.8. The molecule has 4 nitrogen and oxygen atoms in total. The molecule has 2 rings (SSSR count). The molecule has 0 aromatic rings. The van der Waals surface area contributed by atoms with E-state index in [2.05, 4.69) is 5.32 Å². The Morgan fingerprint density at radius 1 is 1.35 bits per heavy atom. The third kappa shape index (κ3) is 2.30. The highest BCUT2D eigenvalue weighted by atomic mass is 19.1. The molecule has 0 unspecified atom stereocenters. The minimum atomic E-state index is -1.07. The Hall–Kier alpha value is -0.840. The van der Waals surface area contributed by atoms with E-state index in [0.29, 0.717) is 12.8 Å². The summed E-state index contributed by atoms with van der Waals surface area (Å²) in [6, 6.07) is -0.203. The highest BCUT2D eigenvalue weighted by Crippen LogP contribution is 2.52. The van der Waals surface area contributed by atoms with Crippen LogP contribution in [0.1, 0.15) is 53.9 Å². The second-order valence-electron chi connectivity index (χ2n) is 7.67. The zero-order valence-electron chi connectivity index (χ0n) is 13.4. The van der Waals surface area contributed by atoms with Crippen LogP contribution in [0.15, 0.2) is 0 Å². The number of carbonyl (C=O) groups excluding carboxylic acids is 1. The number of fused-ring (bicyclic) bond motifs is 2. The molecule has 0 saturated carbocycles. The normalized spacial score (nSPS) is 40.9. The van der Waals surface area contributed by atoms with E-state index in [-0.39, 0.29) is 11.6 Å². The van der Waals surface area contributed by atoms with Gasteiger partial charge in [-0.1, -0.05) is 0 Å². The van der Waals surface area contributed by atoms with Gasteiger partial charge in [-0.15, -0.1) is 0 Å². The second kappa shape index (κ2) is 4.58. The standard InChI is InChI=1S/C15H27FN2O2/c1-13(2,3)20-12(19)18-14(4)7-8-15(18,5)11(16)10(9-14)17-6/h10-11,17H,7-9H2,1-6H3/t10-,11-,14-,15+/m1/s1. The number of ether oxygens (including phenoxy) is 1. The van der Waals surface area contributed by atoms with Crippen molar-refractivity contribution in [1.82, 2.24) is 10.2 Å². The van der Waals surface area contributed by atoms with E-state index in [1.54, 1.807) is 11.9 Å². The van der Waals surface area contributed by atoms with Gasteiger partial charge >= 0.3 is 6.09 Å². The predicted molar refractivity (Wildman–Crippen MR) is 76.5 cm³/mol. The number of rotatable bonds is 1. The minimum Gasteiger partial charge on any atom is -0.444 e. The van der Waals surface area contributed by atoms with Crippen LogP contribution in [0.5, 0.6) is 0 Å². The van der Waals surface area contributed by atoms with Crippen molar-refractivity contribution >= 4 is 6.09 Å². The van der Waals surface area contributed by atoms with Crippen molar-refractivity contribution in [2.75, 3.05) is 7.05 Å². The molecule has 4 atom stereocenters. The summed E-state index contributed by atoms with van der Waals surface area (Å²) in [5.41, 5.74) is -1.66. The average molecular weight is 286 g/mol. The topological polar surface area (TPSA) is 41.6 Å². The van der Waals surface area contributed by atoms with E-state index in [0.717, 1.165) is 6.42 Å². The quantitative estimate of drug-likeness (QED) is 0.806. The molecule has 0 aromatic heterocycles. The van der Waals surface area contributed by atoms with Crippen LogP contribution in [0.25, 0.3) is 0 Å². The number of piperidine rings is 1. The number of carbonyl (C=O) groups is 1. The third-order valence-corrected chi connectivity index (χ3v) is 4.77. The van der Waals surface area contributed by atoms with E-state index < -0.39 is 23.4 Å². The summed E-state index contributed by atoms with van der Waals surface area (Å²) >= 11 is 0. The fraction of sp³-hybridized carbons (Fsp3) is 0.933. The molecule has 2 aliphatic rings. The summed E-state index contributed by atoms with van der Waals surface area (Å²) in [5.74, 6) is 0. The maximum absolute atomic E-state index is 14.8. The van der Waals surface area contributed by atoms with Gasteiger partial charge < -0.3 is 10.1 Å². The molecule has 2 aliphatic heterocycles. The van der Waals surface area contributed by atoms with E-state index >= 15 is 0 Å². The van der Waals surface area contributed by atoms with Crippen molar-refractivity contribution < 1.29 is 13.9 Å². The van der Waals surface area contributed by atoms with Gasteiger partial charge in [0.1, 0.15) is 11.8 Å². The first kappa shape index (κ1) is 15.5. The largest absolute Gasteiger partial charge is 0.444 e.